The zero-order valence-electron chi connectivity index (χ0n) is 17.7. The van der Waals surface area contributed by atoms with Crippen molar-refractivity contribution in [1.82, 2.24) is 5.32 Å². The van der Waals surface area contributed by atoms with Crippen LogP contribution in [0.5, 0.6) is 5.75 Å². The molecule has 0 unspecified atom stereocenters. The second kappa shape index (κ2) is 10.9. The van der Waals surface area contributed by atoms with Crippen LogP contribution in [0, 0.1) is 0 Å². The lowest BCUT2D eigenvalue weighted by Crippen LogP contribution is -3.16. The topological polar surface area (TPSA) is 46.0 Å². The van der Waals surface area contributed by atoms with Crippen LogP contribution in [0.1, 0.15) is 38.3 Å². The molecule has 2 N–H and O–H groups in total. The van der Waals surface area contributed by atoms with Crippen molar-refractivity contribution in [3.05, 3.63) is 60.2 Å². The highest BCUT2D eigenvalue weighted by Gasteiger charge is 2.25. The molecule has 0 aliphatic carbocycles. The Morgan fingerprint density at radius 2 is 1.76 bits per heavy atom. The monoisotopic (exact) mass is 396 g/mol. The molecule has 1 amide bonds. The maximum Gasteiger partial charge on any atom is 0.275 e. The van der Waals surface area contributed by atoms with Crippen molar-refractivity contribution >= 4 is 11.6 Å². The van der Waals surface area contributed by atoms with E-state index in [0.717, 1.165) is 50.5 Å². The predicted molar refractivity (Wildman–Crippen MR) is 118 cm³/mol. The largest absolute Gasteiger partial charge is 0.492 e. The summed E-state index contributed by atoms with van der Waals surface area (Å²) in [6.07, 6.45) is 2.01. The number of benzene rings is 2. The maximum absolute atomic E-state index is 12.7. The van der Waals surface area contributed by atoms with Crippen LogP contribution in [0.15, 0.2) is 54.6 Å². The normalized spacial score (nSPS) is 15.7. The molecule has 0 saturated carbocycles. The van der Waals surface area contributed by atoms with Crippen molar-refractivity contribution in [3.63, 3.8) is 0 Å². The molecule has 1 atom stereocenters. The quantitative estimate of drug-likeness (QED) is 0.684. The Balaban J connectivity index is 1.52. The van der Waals surface area contributed by atoms with E-state index < -0.39 is 0 Å². The van der Waals surface area contributed by atoms with Crippen LogP contribution in [0.3, 0.4) is 0 Å². The molecular weight excluding hydrogens is 362 g/mol. The first-order valence-electron chi connectivity index (χ1n) is 10.9. The Kier molecular flexibility index (Phi) is 7.94. The highest BCUT2D eigenvalue weighted by molar-refractivity contribution is 5.77. The molecule has 3 rings (SSSR count). The molecule has 1 heterocycles. The molecule has 0 radical (unpaired) electrons. The molecule has 1 aliphatic heterocycles. The van der Waals surface area contributed by atoms with Gasteiger partial charge in [0.1, 0.15) is 5.75 Å². The van der Waals surface area contributed by atoms with Crippen molar-refractivity contribution in [2.24, 2.45) is 0 Å². The number of quaternary nitrogens is 1. The molecule has 5 nitrogen and oxygen atoms in total. The fourth-order valence-corrected chi connectivity index (χ4v) is 4.01. The van der Waals surface area contributed by atoms with Gasteiger partial charge in [0.25, 0.3) is 5.91 Å². The van der Waals surface area contributed by atoms with Gasteiger partial charge in [-0.2, -0.15) is 0 Å². The number of para-hydroxylation sites is 2. The van der Waals surface area contributed by atoms with Crippen LogP contribution in [0.4, 0.5) is 5.69 Å². The second-order valence-corrected chi connectivity index (χ2v) is 7.63. The summed E-state index contributed by atoms with van der Waals surface area (Å²) in [6, 6.07) is 18.6. The number of amides is 1. The zero-order valence-corrected chi connectivity index (χ0v) is 17.7. The van der Waals surface area contributed by atoms with E-state index in [-0.39, 0.29) is 11.9 Å². The number of nitrogens with zero attached hydrogens (tertiary/aromatic N) is 1. The lowest BCUT2D eigenvalue weighted by Gasteiger charge is -2.34. The Morgan fingerprint density at radius 3 is 2.45 bits per heavy atom. The molecule has 29 heavy (non-hydrogen) atoms. The van der Waals surface area contributed by atoms with Gasteiger partial charge in [0.05, 0.1) is 44.5 Å². The third-order valence-corrected chi connectivity index (χ3v) is 5.50. The van der Waals surface area contributed by atoms with Crippen LogP contribution in [-0.2, 0) is 4.79 Å². The fourth-order valence-electron chi connectivity index (χ4n) is 4.01. The van der Waals surface area contributed by atoms with Crippen LogP contribution in [0.2, 0.25) is 0 Å². The lowest BCUT2D eigenvalue weighted by molar-refractivity contribution is -0.892. The molecule has 0 spiro atoms. The van der Waals surface area contributed by atoms with E-state index >= 15 is 0 Å². The highest BCUT2D eigenvalue weighted by atomic mass is 16.5. The summed E-state index contributed by atoms with van der Waals surface area (Å²) in [4.78, 5) is 16.4. The van der Waals surface area contributed by atoms with Gasteiger partial charge in [-0.15, -0.1) is 0 Å². The molecule has 5 heteroatoms. The van der Waals surface area contributed by atoms with Crippen molar-refractivity contribution in [1.29, 1.82) is 0 Å². The first kappa shape index (κ1) is 21.2. The van der Waals surface area contributed by atoms with Crippen molar-refractivity contribution in [2.75, 3.05) is 44.2 Å². The van der Waals surface area contributed by atoms with Crippen LogP contribution in [-0.4, -0.2) is 45.2 Å². The SMILES string of the molecule is CCC[C@H](NC(=O)C[NH+]1CCN(c2ccccc2OCC)CC1)c1ccccc1. The Morgan fingerprint density at radius 1 is 1.07 bits per heavy atom. The number of nitrogens with one attached hydrogen (secondary N) is 2. The van der Waals surface area contributed by atoms with Crippen LogP contribution in [0.25, 0.3) is 0 Å². The molecule has 156 valence electrons. The molecule has 2 aromatic rings. The van der Waals surface area contributed by atoms with Gasteiger partial charge in [-0.25, -0.2) is 0 Å². The molecule has 1 aliphatic rings. The number of rotatable bonds is 9. The summed E-state index contributed by atoms with van der Waals surface area (Å²) in [5.41, 5.74) is 2.35. The predicted octanol–water partition coefficient (Wildman–Crippen LogP) is 2.45. The first-order chi connectivity index (χ1) is 14.2. The van der Waals surface area contributed by atoms with Gasteiger partial charge < -0.3 is 19.9 Å². The summed E-state index contributed by atoms with van der Waals surface area (Å²) in [7, 11) is 0. The van der Waals surface area contributed by atoms with Gasteiger partial charge in [0.2, 0.25) is 0 Å². The minimum atomic E-state index is 0.104. The first-order valence-corrected chi connectivity index (χ1v) is 10.9. The van der Waals surface area contributed by atoms with Crippen LogP contribution >= 0.6 is 0 Å². The van der Waals surface area contributed by atoms with Gasteiger partial charge in [0, 0.05) is 0 Å². The summed E-state index contributed by atoms with van der Waals surface area (Å²) in [5, 5.41) is 3.26. The molecule has 1 saturated heterocycles. The number of anilines is 1. The lowest BCUT2D eigenvalue weighted by atomic mass is 10.0. The number of piperazine rings is 1. The Labute approximate surface area is 174 Å². The average Bonchev–Trinajstić information content (AvgIpc) is 2.75. The second-order valence-electron chi connectivity index (χ2n) is 7.63. The van der Waals surface area contributed by atoms with Crippen molar-refractivity contribution in [3.8, 4) is 5.75 Å². The van der Waals surface area contributed by atoms with E-state index in [4.69, 9.17) is 4.74 Å². The van der Waals surface area contributed by atoms with Crippen molar-refractivity contribution < 1.29 is 14.4 Å². The number of carbonyl (C=O) groups is 1. The Hall–Kier alpha value is -2.53. The summed E-state index contributed by atoms with van der Waals surface area (Å²) in [6.45, 7) is 9.16. The van der Waals surface area contributed by atoms with Gasteiger partial charge in [-0.05, 0) is 31.0 Å². The summed E-state index contributed by atoms with van der Waals surface area (Å²) < 4.78 is 5.78. The van der Waals surface area contributed by atoms with Gasteiger partial charge in [0.15, 0.2) is 6.54 Å². The molecular formula is C24H34N3O2+. The number of hydrogen-bond acceptors (Lipinski definition) is 3. The molecule has 1 fully saturated rings. The molecule has 0 bridgehead atoms. The number of ether oxygens (including phenoxy) is 1. The van der Waals surface area contributed by atoms with Crippen molar-refractivity contribution in [2.45, 2.75) is 32.7 Å². The standard InChI is InChI=1S/C24H33N3O2/c1-3-10-21(20-11-6-5-7-12-20)25-24(28)19-26-15-17-27(18-16-26)22-13-8-9-14-23(22)29-4-2/h5-9,11-14,21H,3-4,10,15-19H2,1-2H3,(H,25,28)/p+1/t21-/m0/s1. The minimum absolute atomic E-state index is 0.104. The van der Waals surface area contributed by atoms with Crippen LogP contribution < -0.4 is 19.9 Å². The summed E-state index contributed by atoms with van der Waals surface area (Å²) in [5.74, 6) is 1.09. The molecule has 0 aromatic heterocycles. The van der Waals surface area contributed by atoms with E-state index in [1.165, 1.54) is 10.5 Å². The van der Waals surface area contributed by atoms with E-state index in [2.05, 4.69) is 41.4 Å². The highest BCUT2D eigenvalue weighted by Crippen LogP contribution is 2.27. The number of hydrogen-bond donors (Lipinski definition) is 2. The van der Waals surface area contributed by atoms with E-state index in [1.54, 1.807) is 0 Å². The third-order valence-electron chi connectivity index (χ3n) is 5.50. The maximum atomic E-state index is 12.7. The van der Waals surface area contributed by atoms with Gasteiger partial charge >= 0.3 is 0 Å². The van der Waals surface area contributed by atoms with E-state index in [1.807, 2.05) is 37.3 Å². The number of carbonyl (C=O) groups excluding carboxylic acids is 1. The fraction of sp³-hybridized carbons (Fsp3) is 0.458. The molecule has 2 aromatic carbocycles. The average molecular weight is 397 g/mol. The van der Waals surface area contributed by atoms with E-state index in [0.29, 0.717) is 13.2 Å². The van der Waals surface area contributed by atoms with Gasteiger partial charge in [-0.3, -0.25) is 4.79 Å². The van der Waals surface area contributed by atoms with Gasteiger partial charge in [-0.1, -0.05) is 55.8 Å². The zero-order chi connectivity index (χ0) is 20.5. The smallest absolute Gasteiger partial charge is 0.275 e. The minimum Gasteiger partial charge on any atom is -0.492 e. The Bertz CT molecular complexity index is 758. The third kappa shape index (κ3) is 5.97. The summed E-state index contributed by atoms with van der Waals surface area (Å²) >= 11 is 0. The van der Waals surface area contributed by atoms with E-state index in [9.17, 15) is 4.79 Å².